The quantitative estimate of drug-likeness (QED) is 0.180. The summed E-state index contributed by atoms with van der Waals surface area (Å²) < 4.78 is 17.6. The first-order valence-electron chi connectivity index (χ1n) is 15.2. The Morgan fingerprint density at radius 3 is 2.39 bits per heavy atom. The molecule has 2 aliphatic carbocycles. The summed E-state index contributed by atoms with van der Waals surface area (Å²) in [7, 11) is 1.35. The lowest BCUT2D eigenvalue weighted by Crippen LogP contribution is -2.49. The molecule has 46 heavy (non-hydrogen) atoms. The molecule has 2 aromatic carbocycles. The number of aromatic hydroxyl groups is 2. The van der Waals surface area contributed by atoms with Gasteiger partial charge in [0, 0.05) is 49.0 Å². The Balaban J connectivity index is 0.00000417. The Morgan fingerprint density at radius 2 is 1.74 bits per heavy atom. The lowest BCUT2D eigenvalue weighted by Gasteiger charge is -2.42. The summed E-state index contributed by atoms with van der Waals surface area (Å²) in [4.78, 5) is 47.2. The molecule has 13 heteroatoms. The molecule has 6 rings (SSSR count). The van der Waals surface area contributed by atoms with Crippen molar-refractivity contribution in [2.45, 2.75) is 89.1 Å². The normalized spacial score (nSPS) is 29.0. The van der Waals surface area contributed by atoms with Gasteiger partial charge in [-0.3, -0.25) is 19.4 Å². The number of nitrogens with zero attached hydrogens (tertiary/aromatic N) is 2. The highest BCUT2D eigenvalue weighted by Crippen LogP contribution is 2.52. The zero-order chi connectivity index (χ0) is 32.4. The number of phenols is 2. The summed E-state index contributed by atoms with van der Waals surface area (Å²) in [6.07, 6.45) is -2.31. The molecule has 2 heterocycles. The number of hydrogen-bond donors (Lipinski definition) is 4. The molecule has 2 saturated heterocycles. The third-order valence-electron chi connectivity index (χ3n) is 9.64. The van der Waals surface area contributed by atoms with Crippen LogP contribution in [0, 0.1) is 0 Å². The number of ether oxygens (including phenoxy) is 3. The molecule has 0 aromatic heterocycles. The lowest BCUT2D eigenvalue weighted by molar-refractivity contribution is -0.247. The topological polar surface area (TPSA) is 175 Å². The molecule has 0 bridgehead atoms. The van der Waals surface area contributed by atoms with Gasteiger partial charge in [0.1, 0.15) is 29.0 Å². The molecule has 12 nitrogen and oxygen atoms in total. The minimum Gasteiger partial charge on any atom is -0.507 e. The number of likely N-dealkylation sites (tertiary alicyclic amines) is 1. The summed E-state index contributed by atoms with van der Waals surface area (Å²) in [6.45, 7) is 6.56. The highest BCUT2D eigenvalue weighted by Gasteiger charge is 2.49. The fourth-order valence-electron chi connectivity index (χ4n) is 7.09. The first-order chi connectivity index (χ1) is 21.4. The number of Topliss-reactive ketones (excluding diaryl/α,β-unsaturated/α-hetero) is 1. The summed E-state index contributed by atoms with van der Waals surface area (Å²) in [5, 5.41) is 45.6. The SMILES string of the molecule is COc1cccc2c1C(=O)c1c(O)c3c(c(O)c1C2=O)CC(O)(C(C)=O)C[C@@H]3OC1C[C@@H](N=C(C)N2CCCC2)C(O)C(C)O1.Cl. The fraction of sp³-hybridized carbons (Fsp3) is 0.515. The van der Waals surface area contributed by atoms with Gasteiger partial charge in [-0.25, -0.2) is 0 Å². The number of fused-ring (bicyclic) bond motifs is 3. The number of carbonyl (C=O) groups excluding carboxylic acids is 3. The highest BCUT2D eigenvalue weighted by atomic mass is 35.5. The average Bonchev–Trinajstić information content (AvgIpc) is 3.55. The van der Waals surface area contributed by atoms with Crippen LogP contribution in [-0.2, 0) is 20.7 Å². The number of phenolic OH excluding ortho intramolecular Hbond substituents is 2. The van der Waals surface area contributed by atoms with Crippen molar-refractivity contribution in [3.8, 4) is 17.2 Å². The number of aliphatic imine (C=N–C) groups is 1. The molecule has 0 amide bonds. The maximum Gasteiger partial charge on any atom is 0.202 e. The van der Waals surface area contributed by atoms with E-state index in [2.05, 4.69) is 4.90 Å². The molecule has 0 saturated carbocycles. The Labute approximate surface area is 272 Å². The van der Waals surface area contributed by atoms with Crippen molar-refractivity contribution >= 4 is 35.6 Å². The molecule has 4 unspecified atom stereocenters. The van der Waals surface area contributed by atoms with Crippen molar-refractivity contribution in [1.29, 1.82) is 0 Å². The van der Waals surface area contributed by atoms with E-state index in [0.717, 1.165) is 31.8 Å². The van der Waals surface area contributed by atoms with Crippen molar-refractivity contribution in [2.24, 2.45) is 4.99 Å². The van der Waals surface area contributed by atoms with Crippen LogP contribution in [-0.4, -0.2) is 98.9 Å². The van der Waals surface area contributed by atoms with Gasteiger partial charge in [-0.05, 0) is 39.7 Å². The predicted molar refractivity (Wildman–Crippen MR) is 167 cm³/mol. The van der Waals surface area contributed by atoms with Crippen molar-refractivity contribution < 1.29 is 49.0 Å². The van der Waals surface area contributed by atoms with Crippen molar-refractivity contribution in [1.82, 2.24) is 4.90 Å². The number of aliphatic hydroxyl groups is 2. The van der Waals surface area contributed by atoms with Crippen LogP contribution in [0.15, 0.2) is 23.2 Å². The van der Waals surface area contributed by atoms with Crippen LogP contribution < -0.4 is 4.74 Å². The van der Waals surface area contributed by atoms with Crippen molar-refractivity contribution in [3.63, 3.8) is 0 Å². The number of rotatable bonds is 5. The molecule has 4 aliphatic rings. The Kier molecular flexibility index (Phi) is 9.24. The minimum absolute atomic E-state index is 0. The number of hydrogen-bond acceptors (Lipinski definition) is 11. The molecule has 0 radical (unpaired) electrons. The fourth-order valence-corrected chi connectivity index (χ4v) is 7.09. The van der Waals surface area contributed by atoms with Gasteiger partial charge < -0.3 is 39.5 Å². The minimum atomic E-state index is -2.01. The largest absolute Gasteiger partial charge is 0.507 e. The van der Waals surface area contributed by atoms with E-state index in [1.165, 1.54) is 32.2 Å². The van der Waals surface area contributed by atoms with Gasteiger partial charge in [0.2, 0.25) is 5.78 Å². The van der Waals surface area contributed by atoms with Crippen LogP contribution in [0.5, 0.6) is 17.2 Å². The van der Waals surface area contributed by atoms with E-state index >= 15 is 0 Å². The molecule has 2 aliphatic heterocycles. The van der Waals surface area contributed by atoms with Crippen LogP contribution in [0.25, 0.3) is 0 Å². The molecule has 0 spiro atoms. The lowest BCUT2D eigenvalue weighted by atomic mass is 9.72. The van der Waals surface area contributed by atoms with E-state index in [1.807, 2.05) is 6.92 Å². The second-order valence-electron chi connectivity index (χ2n) is 12.4. The van der Waals surface area contributed by atoms with E-state index < -0.39 is 82.6 Å². The van der Waals surface area contributed by atoms with E-state index in [1.54, 1.807) is 6.92 Å². The van der Waals surface area contributed by atoms with Crippen LogP contribution in [0.1, 0.15) is 95.5 Å². The maximum absolute atomic E-state index is 13.8. The Morgan fingerprint density at radius 1 is 1.07 bits per heavy atom. The average molecular weight is 659 g/mol. The van der Waals surface area contributed by atoms with E-state index in [-0.39, 0.29) is 53.3 Å². The Bertz CT molecular complexity index is 1620. The maximum atomic E-state index is 13.8. The highest BCUT2D eigenvalue weighted by molar-refractivity contribution is 6.31. The van der Waals surface area contributed by atoms with Gasteiger partial charge in [-0.15, -0.1) is 12.4 Å². The molecular weight excluding hydrogens is 620 g/mol. The summed E-state index contributed by atoms with van der Waals surface area (Å²) in [5.74, 6) is -2.32. The van der Waals surface area contributed by atoms with Crippen molar-refractivity contribution in [2.75, 3.05) is 20.2 Å². The van der Waals surface area contributed by atoms with Gasteiger partial charge in [-0.1, -0.05) is 12.1 Å². The second kappa shape index (κ2) is 12.6. The first kappa shape index (κ1) is 33.8. The van der Waals surface area contributed by atoms with Crippen LogP contribution >= 0.6 is 12.4 Å². The van der Waals surface area contributed by atoms with Crippen molar-refractivity contribution in [3.05, 3.63) is 51.6 Å². The van der Waals surface area contributed by atoms with Gasteiger partial charge in [0.15, 0.2) is 17.9 Å². The number of methoxy groups -OCH3 is 1. The van der Waals surface area contributed by atoms with E-state index in [4.69, 9.17) is 19.2 Å². The second-order valence-corrected chi connectivity index (χ2v) is 12.4. The summed E-state index contributed by atoms with van der Waals surface area (Å²) >= 11 is 0. The molecule has 2 aromatic rings. The smallest absolute Gasteiger partial charge is 0.202 e. The first-order valence-corrected chi connectivity index (χ1v) is 15.2. The van der Waals surface area contributed by atoms with E-state index in [0.29, 0.717) is 0 Å². The van der Waals surface area contributed by atoms with Gasteiger partial charge >= 0.3 is 0 Å². The standard InChI is InChI=1S/C33H38N2O10.ClH/c1-15-28(37)20(34-17(3)35-10-5-6-11-35)12-23(44-15)45-22-14-33(42,16(2)36)13-19-25(22)32(41)27-26(30(19)39)29(38)18-8-7-9-21(43-4)24(18)31(27)40;/h7-9,15,20,22-23,28,37,39,41-42H,5-6,10-14H2,1-4H3;1H/t15?,20-,22+,23?,28?,33?;/m1./s1. The molecule has 4 N–H and O–H groups in total. The zero-order valence-electron chi connectivity index (χ0n) is 26.1. The van der Waals surface area contributed by atoms with Crippen LogP contribution in [0.2, 0.25) is 0 Å². The number of benzene rings is 2. The molecule has 6 atom stereocenters. The van der Waals surface area contributed by atoms with Gasteiger partial charge in [0.05, 0.1) is 47.9 Å². The number of halogens is 1. The monoisotopic (exact) mass is 658 g/mol. The zero-order valence-corrected chi connectivity index (χ0v) is 26.9. The molecular formula is C33H39ClN2O10. The summed E-state index contributed by atoms with van der Waals surface area (Å²) in [6, 6.07) is 3.90. The third-order valence-corrected chi connectivity index (χ3v) is 9.64. The van der Waals surface area contributed by atoms with Gasteiger partial charge in [0.25, 0.3) is 0 Å². The van der Waals surface area contributed by atoms with Crippen LogP contribution in [0.4, 0.5) is 0 Å². The molecule has 2 fully saturated rings. The third kappa shape index (κ3) is 5.45. The number of ketones is 3. The van der Waals surface area contributed by atoms with Crippen LogP contribution in [0.3, 0.4) is 0 Å². The Hall–Kier alpha value is -3.55. The number of carbonyl (C=O) groups is 3. The predicted octanol–water partition coefficient (Wildman–Crippen LogP) is 3.01. The number of aliphatic hydroxyl groups excluding tert-OH is 1. The summed E-state index contributed by atoms with van der Waals surface area (Å²) in [5.41, 5.74) is -2.99. The number of amidine groups is 1. The van der Waals surface area contributed by atoms with E-state index in [9.17, 15) is 34.8 Å². The molecule has 248 valence electrons. The van der Waals surface area contributed by atoms with Gasteiger partial charge in [-0.2, -0.15) is 0 Å².